The molecule has 0 aliphatic rings. The van der Waals surface area contributed by atoms with E-state index in [0.717, 1.165) is 6.42 Å². The molecule has 1 atom stereocenters. The van der Waals surface area contributed by atoms with Crippen LogP contribution >= 0.6 is 0 Å². The van der Waals surface area contributed by atoms with E-state index in [1.807, 2.05) is 6.92 Å². The van der Waals surface area contributed by atoms with E-state index >= 15 is 0 Å². The summed E-state index contributed by atoms with van der Waals surface area (Å²) in [6, 6.07) is 0. The van der Waals surface area contributed by atoms with Gasteiger partial charge in [0.1, 0.15) is 0 Å². The summed E-state index contributed by atoms with van der Waals surface area (Å²) in [5.41, 5.74) is 5.44. The molecule has 0 bridgehead atoms. The van der Waals surface area contributed by atoms with Crippen LogP contribution in [0.25, 0.3) is 0 Å². The molecule has 0 heterocycles. The summed E-state index contributed by atoms with van der Waals surface area (Å²) >= 11 is 0. The lowest BCUT2D eigenvalue weighted by molar-refractivity contribution is -0.121. The molecular formula is C9H16N2O. The normalized spacial score (nSPS) is 11.8. The predicted octanol–water partition coefficient (Wildman–Crippen LogP) is 0.111. The zero-order valence-corrected chi connectivity index (χ0v) is 7.47. The average Bonchev–Trinajstić information content (AvgIpc) is 2.10. The zero-order valence-electron chi connectivity index (χ0n) is 7.47. The first-order valence-corrected chi connectivity index (χ1v) is 4.14. The van der Waals surface area contributed by atoms with Gasteiger partial charge in [-0.25, -0.2) is 0 Å². The number of nitrogens with two attached hydrogens (primary N) is 1. The Morgan fingerprint density at radius 1 is 1.75 bits per heavy atom. The van der Waals surface area contributed by atoms with Crippen LogP contribution in [-0.2, 0) is 4.79 Å². The third-order valence-electron chi connectivity index (χ3n) is 1.77. The molecule has 0 fully saturated rings. The second-order valence-corrected chi connectivity index (χ2v) is 2.69. The largest absolute Gasteiger partial charge is 0.345 e. The molecule has 0 rings (SSSR count). The summed E-state index contributed by atoms with van der Waals surface area (Å²) in [4.78, 5) is 11.1. The van der Waals surface area contributed by atoms with Crippen LogP contribution in [-0.4, -0.2) is 19.0 Å². The molecule has 0 aliphatic carbocycles. The molecule has 0 aromatic rings. The highest BCUT2D eigenvalue weighted by molar-refractivity contribution is 5.76. The Morgan fingerprint density at radius 2 is 2.42 bits per heavy atom. The van der Waals surface area contributed by atoms with Gasteiger partial charge in [0.2, 0.25) is 5.91 Å². The monoisotopic (exact) mass is 168 g/mol. The third-order valence-corrected chi connectivity index (χ3v) is 1.77. The van der Waals surface area contributed by atoms with Crippen molar-refractivity contribution in [2.75, 3.05) is 13.1 Å². The molecule has 1 unspecified atom stereocenters. The molecule has 3 heteroatoms. The smallest absolute Gasteiger partial charge is 0.221 e. The van der Waals surface area contributed by atoms with Crippen molar-refractivity contribution in [3.05, 3.63) is 0 Å². The van der Waals surface area contributed by atoms with E-state index in [9.17, 15) is 4.79 Å². The molecule has 0 aromatic carbocycles. The first kappa shape index (κ1) is 11.0. The van der Waals surface area contributed by atoms with E-state index in [-0.39, 0.29) is 11.8 Å². The van der Waals surface area contributed by atoms with E-state index in [1.54, 1.807) is 0 Å². The van der Waals surface area contributed by atoms with E-state index in [1.165, 1.54) is 0 Å². The maximum absolute atomic E-state index is 11.1. The van der Waals surface area contributed by atoms with Gasteiger partial charge in [-0.2, -0.15) is 0 Å². The number of hydrogen-bond donors (Lipinski definition) is 2. The summed E-state index contributed by atoms with van der Waals surface area (Å²) in [7, 11) is 0. The van der Waals surface area contributed by atoms with Crippen molar-refractivity contribution >= 4 is 5.91 Å². The van der Waals surface area contributed by atoms with Crippen molar-refractivity contribution in [2.24, 2.45) is 11.7 Å². The van der Waals surface area contributed by atoms with Crippen LogP contribution < -0.4 is 11.1 Å². The molecule has 3 N–H and O–H groups in total. The summed E-state index contributed by atoms with van der Waals surface area (Å²) in [5.74, 6) is 2.62. The third kappa shape index (κ3) is 4.75. The van der Waals surface area contributed by atoms with Crippen molar-refractivity contribution < 1.29 is 4.79 Å². The molecule has 0 saturated carbocycles. The topological polar surface area (TPSA) is 55.1 Å². The number of nitrogens with one attached hydrogen (secondary N) is 1. The van der Waals surface area contributed by atoms with Gasteiger partial charge < -0.3 is 11.1 Å². The molecular weight excluding hydrogens is 152 g/mol. The zero-order chi connectivity index (χ0) is 9.40. The second-order valence-electron chi connectivity index (χ2n) is 2.69. The van der Waals surface area contributed by atoms with Crippen molar-refractivity contribution in [2.45, 2.75) is 19.8 Å². The maximum atomic E-state index is 11.1. The Kier molecular flexibility index (Phi) is 6.12. The van der Waals surface area contributed by atoms with Crippen LogP contribution in [0.2, 0.25) is 0 Å². The number of hydrogen-bond acceptors (Lipinski definition) is 2. The highest BCUT2D eigenvalue weighted by Gasteiger charge is 2.08. The van der Waals surface area contributed by atoms with Crippen molar-refractivity contribution in [3.63, 3.8) is 0 Å². The lowest BCUT2D eigenvalue weighted by Crippen LogP contribution is -2.28. The van der Waals surface area contributed by atoms with Gasteiger partial charge in [-0.3, -0.25) is 4.79 Å². The molecule has 3 nitrogen and oxygen atoms in total. The van der Waals surface area contributed by atoms with E-state index in [0.29, 0.717) is 19.5 Å². The molecule has 68 valence electrons. The molecule has 12 heavy (non-hydrogen) atoms. The average molecular weight is 168 g/mol. The lowest BCUT2D eigenvalue weighted by Gasteiger charge is -2.10. The van der Waals surface area contributed by atoms with Crippen molar-refractivity contribution in [1.29, 1.82) is 0 Å². The number of amides is 1. The first-order chi connectivity index (χ1) is 5.74. The minimum atomic E-state index is -0.00903. The van der Waals surface area contributed by atoms with Crippen molar-refractivity contribution in [3.8, 4) is 12.3 Å². The standard InChI is InChI=1S/C9H16N2O/c1-3-5-11-9(12)6-8(4-2)7-10/h1,8H,4-7,10H2,2H3,(H,11,12). The van der Waals surface area contributed by atoms with Crippen LogP contribution in [0.15, 0.2) is 0 Å². The number of rotatable bonds is 5. The van der Waals surface area contributed by atoms with Crippen LogP contribution in [0.3, 0.4) is 0 Å². The lowest BCUT2D eigenvalue weighted by atomic mass is 10.0. The van der Waals surface area contributed by atoms with Gasteiger partial charge in [0.05, 0.1) is 6.54 Å². The Balaban J connectivity index is 3.60. The number of carbonyl (C=O) groups is 1. The van der Waals surface area contributed by atoms with Gasteiger partial charge in [-0.05, 0) is 12.5 Å². The van der Waals surface area contributed by atoms with Gasteiger partial charge in [0.15, 0.2) is 0 Å². The molecule has 0 aromatic heterocycles. The Morgan fingerprint density at radius 3 is 2.83 bits per heavy atom. The van der Waals surface area contributed by atoms with Crippen LogP contribution in [0.1, 0.15) is 19.8 Å². The minimum absolute atomic E-state index is 0.00903. The summed E-state index contributed by atoms with van der Waals surface area (Å²) < 4.78 is 0. The second kappa shape index (κ2) is 6.68. The summed E-state index contributed by atoms with van der Waals surface area (Å²) in [6.45, 7) is 2.88. The fraction of sp³-hybridized carbons (Fsp3) is 0.667. The van der Waals surface area contributed by atoms with Gasteiger partial charge in [0, 0.05) is 6.42 Å². The molecule has 0 radical (unpaired) electrons. The van der Waals surface area contributed by atoms with Crippen molar-refractivity contribution in [1.82, 2.24) is 5.32 Å². The quantitative estimate of drug-likeness (QED) is 0.572. The van der Waals surface area contributed by atoms with Gasteiger partial charge in [-0.1, -0.05) is 19.3 Å². The highest BCUT2D eigenvalue weighted by atomic mass is 16.1. The Hall–Kier alpha value is -1.01. The SMILES string of the molecule is C#CCNC(=O)CC(CC)CN. The van der Waals surface area contributed by atoms with E-state index in [2.05, 4.69) is 11.2 Å². The summed E-state index contributed by atoms with van der Waals surface area (Å²) in [6.07, 6.45) is 6.39. The fourth-order valence-corrected chi connectivity index (χ4v) is 0.878. The Bertz CT molecular complexity index is 168. The van der Waals surface area contributed by atoms with Crippen LogP contribution in [0.4, 0.5) is 0 Å². The molecule has 1 amide bonds. The Labute approximate surface area is 73.7 Å². The van der Waals surface area contributed by atoms with Crippen LogP contribution in [0.5, 0.6) is 0 Å². The highest BCUT2D eigenvalue weighted by Crippen LogP contribution is 2.04. The van der Waals surface area contributed by atoms with E-state index in [4.69, 9.17) is 12.2 Å². The fourth-order valence-electron chi connectivity index (χ4n) is 0.878. The predicted molar refractivity (Wildman–Crippen MR) is 49.3 cm³/mol. The maximum Gasteiger partial charge on any atom is 0.221 e. The first-order valence-electron chi connectivity index (χ1n) is 4.14. The van der Waals surface area contributed by atoms with E-state index < -0.39 is 0 Å². The molecule has 0 aliphatic heterocycles. The number of carbonyl (C=O) groups excluding carboxylic acids is 1. The number of terminal acetylenes is 1. The van der Waals surface area contributed by atoms with Gasteiger partial charge in [0.25, 0.3) is 0 Å². The minimum Gasteiger partial charge on any atom is -0.345 e. The molecule has 0 saturated heterocycles. The van der Waals surface area contributed by atoms with Gasteiger partial charge in [-0.15, -0.1) is 6.42 Å². The summed E-state index contributed by atoms with van der Waals surface area (Å²) in [5, 5.41) is 2.60. The molecule has 0 spiro atoms. The van der Waals surface area contributed by atoms with Gasteiger partial charge >= 0.3 is 0 Å². The van der Waals surface area contributed by atoms with Crippen LogP contribution in [0, 0.1) is 18.3 Å².